The van der Waals surface area contributed by atoms with Crippen LogP contribution in [0.4, 0.5) is 4.39 Å². The molecule has 2 N–H and O–H groups in total. The second kappa shape index (κ2) is 4.73. The lowest BCUT2D eigenvalue weighted by molar-refractivity contribution is 0.0998. The van der Waals surface area contributed by atoms with E-state index in [1.165, 1.54) is 41.1 Å². The van der Waals surface area contributed by atoms with Crippen molar-refractivity contribution in [1.82, 2.24) is 4.57 Å². The summed E-state index contributed by atoms with van der Waals surface area (Å²) in [6.07, 6.45) is 1.49. The minimum atomic E-state index is -0.808. The summed E-state index contributed by atoms with van der Waals surface area (Å²) in [6.45, 7) is 0. The van der Waals surface area contributed by atoms with E-state index < -0.39 is 17.3 Å². The minimum absolute atomic E-state index is 0.131. The van der Waals surface area contributed by atoms with Gasteiger partial charge in [0.2, 0.25) is 0 Å². The first kappa shape index (κ1) is 12.5. The topological polar surface area (TPSA) is 65.1 Å². The molecule has 0 atom stereocenters. The third-order valence-electron chi connectivity index (χ3n) is 2.35. The van der Waals surface area contributed by atoms with E-state index in [0.29, 0.717) is 10.2 Å². The van der Waals surface area contributed by atoms with Gasteiger partial charge in [-0.05, 0) is 46.3 Å². The van der Waals surface area contributed by atoms with Crippen molar-refractivity contribution in [1.29, 1.82) is 0 Å². The molecule has 0 saturated heterocycles. The van der Waals surface area contributed by atoms with Gasteiger partial charge >= 0.3 is 0 Å². The molecule has 0 aliphatic heterocycles. The molecule has 6 heteroatoms. The molecule has 2 aromatic rings. The van der Waals surface area contributed by atoms with E-state index in [1.54, 1.807) is 0 Å². The number of amides is 1. The maximum absolute atomic E-state index is 12.8. The maximum atomic E-state index is 12.8. The molecule has 1 aromatic carbocycles. The van der Waals surface area contributed by atoms with Gasteiger partial charge in [-0.2, -0.15) is 0 Å². The number of benzene rings is 1. The van der Waals surface area contributed by atoms with Gasteiger partial charge in [-0.1, -0.05) is 0 Å². The molecule has 1 amide bonds. The van der Waals surface area contributed by atoms with Gasteiger partial charge in [0.05, 0.1) is 0 Å². The van der Waals surface area contributed by atoms with Gasteiger partial charge in [0.1, 0.15) is 11.4 Å². The fourth-order valence-electron chi connectivity index (χ4n) is 1.52. The zero-order valence-corrected chi connectivity index (χ0v) is 10.6. The summed E-state index contributed by atoms with van der Waals surface area (Å²) in [6, 6.07) is 6.69. The summed E-state index contributed by atoms with van der Waals surface area (Å²) in [5.41, 5.74) is 4.90. The molecule has 1 heterocycles. The maximum Gasteiger partial charge on any atom is 0.267 e. The van der Waals surface area contributed by atoms with Crippen molar-refractivity contribution in [3.63, 3.8) is 0 Å². The molecule has 0 unspecified atom stereocenters. The summed E-state index contributed by atoms with van der Waals surface area (Å²) in [4.78, 5) is 23.1. The monoisotopic (exact) mass is 310 g/mol. The molecular formula is C12H8BrFN2O2. The molecular weight excluding hydrogens is 303 g/mol. The van der Waals surface area contributed by atoms with Crippen molar-refractivity contribution in [3.05, 3.63) is 62.7 Å². The number of nitrogens with zero attached hydrogens (tertiary/aromatic N) is 1. The SMILES string of the molecule is NC(=O)c1cc(Br)cn(-c2ccc(F)cc2)c1=O. The molecule has 18 heavy (non-hydrogen) atoms. The molecule has 0 fully saturated rings. The first-order chi connectivity index (χ1) is 8.49. The summed E-state index contributed by atoms with van der Waals surface area (Å²) < 4.78 is 14.6. The number of hydrogen-bond donors (Lipinski definition) is 1. The number of halogens is 2. The van der Waals surface area contributed by atoms with Crippen molar-refractivity contribution >= 4 is 21.8 Å². The molecule has 0 radical (unpaired) electrons. The summed E-state index contributed by atoms with van der Waals surface area (Å²) in [5.74, 6) is -1.21. The van der Waals surface area contributed by atoms with E-state index in [9.17, 15) is 14.0 Å². The van der Waals surface area contributed by atoms with Gasteiger partial charge < -0.3 is 5.73 Å². The fraction of sp³-hybridized carbons (Fsp3) is 0. The second-order valence-electron chi connectivity index (χ2n) is 3.59. The minimum Gasteiger partial charge on any atom is -0.365 e. The molecule has 0 bridgehead atoms. The lowest BCUT2D eigenvalue weighted by Gasteiger charge is -2.08. The highest BCUT2D eigenvalue weighted by atomic mass is 79.9. The third kappa shape index (κ3) is 2.33. The molecule has 0 spiro atoms. The van der Waals surface area contributed by atoms with Crippen LogP contribution in [0.3, 0.4) is 0 Å². The Morgan fingerprint density at radius 3 is 2.44 bits per heavy atom. The number of rotatable bonds is 2. The van der Waals surface area contributed by atoms with Crippen LogP contribution in [0.2, 0.25) is 0 Å². The number of hydrogen-bond acceptors (Lipinski definition) is 2. The fourth-order valence-corrected chi connectivity index (χ4v) is 1.95. The zero-order chi connectivity index (χ0) is 13.3. The predicted molar refractivity (Wildman–Crippen MR) is 68.2 cm³/mol. The van der Waals surface area contributed by atoms with Gasteiger partial charge in [-0.25, -0.2) is 4.39 Å². The standard InChI is InChI=1S/C12H8BrFN2O2/c13-7-5-10(11(15)17)12(18)16(6-7)9-3-1-8(14)2-4-9/h1-6H,(H2,15,17). The smallest absolute Gasteiger partial charge is 0.267 e. The average Bonchev–Trinajstić information content (AvgIpc) is 2.32. The molecule has 4 nitrogen and oxygen atoms in total. The van der Waals surface area contributed by atoms with E-state index in [2.05, 4.69) is 15.9 Å². The Kier molecular flexibility index (Phi) is 3.29. The van der Waals surface area contributed by atoms with Crippen LogP contribution in [-0.2, 0) is 0 Å². The molecule has 0 aliphatic rings. The van der Waals surface area contributed by atoms with Gasteiger partial charge in [-0.3, -0.25) is 14.2 Å². The summed E-state index contributed by atoms with van der Waals surface area (Å²) in [7, 11) is 0. The van der Waals surface area contributed by atoms with Crippen molar-refractivity contribution in [2.24, 2.45) is 5.73 Å². The van der Waals surface area contributed by atoms with Crippen LogP contribution >= 0.6 is 15.9 Å². The Bertz CT molecular complexity index is 665. The number of carbonyl (C=O) groups excluding carboxylic acids is 1. The van der Waals surface area contributed by atoms with Crippen LogP contribution in [0, 0.1) is 5.82 Å². The van der Waals surface area contributed by atoms with Crippen LogP contribution < -0.4 is 11.3 Å². The molecule has 0 saturated carbocycles. The van der Waals surface area contributed by atoms with E-state index in [0.717, 1.165) is 0 Å². The second-order valence-corrected chi connectivity index (χ2v) is 4.50. The van der Waals surface area contributed by atoms with Crippen molar-refractivity contribution in [2.75, 3.05) is 0 Å². The third-order valence-corrected chi connectivity index (χ3v) is 2.79. The lowest BCUT2D eigenvalue weighted by atomic mass is 10.2. The number of aromatic nitrogens is 1. The molecule has 2 rings (SSSR count). The highest BCUT2D eigenvalue weighted by molar-refractivity contribution is 9.10. The predicted octanol–water partition coefficient (Wildman–Crippen LogP) is 1.84. The largest absolute Gasteiger partial charge is 0.365 e. The Hall–Kier alpha value is -1.95. The van der Waals surface area contributed by atoms with Gasteiger partial charge in [0.15, 0.2) is 0 Å². The number of carbonyl (C=O) groups is 1. The summed E-state index contributed by atoms with van der Waals surface area (Å²) >= 11 is 3.19. The van der Waals surface area contributed by atoms with Crippen molar-refractivity contribution in [2.45, 2.75) is 0 Å². The average molecular weight is 311 g/mol. The molecule has 1 aromatic heterocycles. The Morgan fingerprint density at radius 2 is 1.89 bits per heavy atom. The first-order valence-electron chi connectivity index (χ1n) is 4.97. The van der Waals surface area contributed by atoms with Gasteiger partial charge in [-0.15, -0.1) is 0 Å². The van der Waals surface area contributed by atoms with E-state index in [1.807, 2.05) is 0 Å². The van der Waals surface area contributed by atoms with Crippen LogP contribution in [0.25, 0.3) is 5.69 Å². The quantitative estimate of drug-likeness (QED) is 0.919. The van der Waals surface area contributed by atoms with E-state index in [4.69, 9.17) is 5.73 Å². The number of pyridine rings is 1. The van der Waals surface area contributed by atoms with Gasteiger partial charge in [0.25, 0.3) is 11.5 Å². The number of primary amides is 1. The first-order valence-corrected chi connectivity index (χ1v) is 5.76. The van der Waals surface area contributed by atoms with Crippen LogP contribution in [-0.4, -0.2) is 10.5 Å². The normalized spacial score (nSPS) is 10.3. The van der Waals surface area contributed by atoms with E-state index in [-0.39, 0.29) is 5.56 Å². The molecule has 0 aliphatic carbocycles. The Balaban J connectivity index is 2.68. The van der Waals surface area contributed by atoms with Crippen molar-refractivity contribution < 1.29 is 9.18 Å². The van der Waals surface area contributed by atoms with Crippen molar-refractivity contribution in [3.8, 4) is 5.69 Å². The van der Waals surface area contributed by atoms with E-state index >= 15 is 0 Å². The molecule has 92 valence electrons. The highest BCUT2D eigenvalue weighted by Crippen LogP contribution is 2.13. The van der Waals surface area contributed by atoms with Crippen LogP contribution in [0.1, 0.15) is 10.4 Å². The van der Waals surface area contributed by atoms with Crippen LogP contribution in [0.5, 0.6) is 0 Å². The Labute approximate surface area is 110 Å². The summed E-state index contributed by atoms with van der Waals surface area (Å²) in [5, 5.41) is 0. The number of nitrogens with two attached hydrogens (primary N) is 1. The Morgan fingerprint density at radius 1 is 1.28 bits per heavy atom. The van der Waals surface area contributed by atoms with Crippen LogP contribution in [0.15, 0.2) is 45.8 Å². The zero-order valence-electron chi connectivity index (χ0n) is 9.06. The highest BCUT2D eigenvalue weighted by Gasteiger charge is 2.11. The van der Waals surface area contributed by atoms with Gasteiger partial charge in [0, 0.05) is 16.4 Å². The lowest BCUT2D eigenvalue weighted by Crippen LogP contribution is -2.28.